The van der Waals surface area contributed by atoms with Gasteiger partial charge in [0.1, 0.15) is 22.6 Å². The van der Waals surface area contributed by atoms with Crippen molar-refractivity contribution in [2.45, 2.75) is 46.0 Å². The van der Waals surface area contributed by atoms with Crippen LogP contribution in [0.4, 0.5) is 5.82 Å². The standard InChI is InChI=1S/C26H31N5O2/c1-4-5-6-7-10-15-28-26(32)22-23-25(30-19-12-9-8-11-18(19)29-23)31(24(22)27)20-16-17(2)13-14-21(20)33-3/h8-9,11-14,16H,4-7,10,15,27H2,1-3H3,(H,28,32). The number of nitrogens with one attached hydrogen (secondary N) is 1. The summed E-state index contributed by atoms with van der Waals surface area (Å²) in [4.78, 5) is 22.9. The molecule has 2 heterocycles. The average Bonchev–Trinajstić information content (AvgIpc) is 3.10. The van der Waals surface area contributed by atoms with Crippen LogP contribution in [0.3, 0.4) is 0 Å². The van der Waals surface area contributed by atoms with E-state index in [1.807, 2.05) is 49.4 Å². The number of carbonyl (C=O) groups is 1. The molecular formula is C26H31N5O2. The summed E-state index contributed by atoms with van der Waals surface area (Å²) in [5.74, 6) is 0.706. The predicted octanol–water partition coefficient (Wildman–Crippen LogP) is 5.17. The maximum Gasteiger partial charge on any atom is 0.257 e. The van der Waals surface area contributed by atoms with Gasteiger partial charge in [0.25, 0.3) is 5.91 Å². The highest BCUT2D eigenvalue weighted by Crippen LogP contribution is 2.35. The molecule has 2 aromatic carbocycles. The van der Waals surface area contributed by atoms with E-state index < -0.39 is 0 Å². The number of para-hydroxylation sites is 2. The molecule has 7 nitrogen and oxygen atoms in total. The summed E-state index contributed by atoms with van der Waals surface area (Å²) >= 11 is 0. The molecule has 1 amide bonds. The second-order valence-electron chi connectivity index (χ2n) is 8.33. The molecule has 4 aromatic rings. The summed E-state index contributed by atoms with van der Waals surface area (Å²) in [5.41, 5.74) is 11.2. The van der Waals surface area contributed by atoms with E-state index >= 15 is 0 Å². The quantitative estimate of drug-likeness (QED) is 0.346. The molecule has 33 heavy (non-hydrogen) atoms. The largest absolute Gasteiger partial charge is 0.495 e. The van der Waals surface area contributed by atoms with E-state index in [0.29, 0.717) is 40.4 Å². The van der Waals surface area contributed by atoms with Gasteiger partial charge in [-0.3, -0.25) is 9.36 Å². The van der Waals surface area contributed by atoms with E-state index in [1.54, 1.807) is 11.7 Å². The van der Waals surface area contributed by atoms with Crippen LogP contribution in [0.2, 0.25) is 0 Å². The smallest absolute Gasteiger partial charge is 0.257 e. The molecule has 0 aliphatic rings. The number of aromatic nitrogens is 3. The number of nitrogens with zero attached hydrogens (tertiary/aromatic N) is 3. The minimum Gasteiger partial charge on any atom is -0.495 e. The number of methoxy groups -OCH3 is 1. The highest BCUT2D eigenvalue weighted by molar-refractivity contribution is 6.11. The Morgan fingerprint density at radius 2 is 1.79 bits per heavy atom. The van der Waals surface area contributed by atoms with Crippen LogP contribution in [0.25, 0.3) is 27.9 Å². The Morgan fingerprint density at radius 1 is 1.06 bits per heavy atom. The molecule has 0 atom stereocenters. The molecular weight excluding hydrogens is 414 g/mol. The number of hydrogen-bond donors (Lipinski definition) is 2. The summed E-state index contributed by atoms with van der Waals surface area (Å²) in [6.45, 7) is 4.79. The minimum atomic E-state index is -0.233. The molecule has 0 spiro atoms. The number of aryl methyl sites for hydroxylation is 1. The van der Waals surface area contributed by atoms with Gasteiger partial charge < -0.3 is 15.8 Å². The lowest BCUT2D eigenvalue weighted by atomic mass is 10.1. The molecule has 172 valence electrons. The number of nitrogen functional groups attached to an aromatic ring is 1. The average molecular weight is 446 g/mol. The van der Waals surface area contributed by atoms with Crippen LogP contribution in [0.1, 0.15) is 54.9 Å². The van der Waals surface area contributed by atoms with Gasteiger partial charge in [-0.1, -0.05) is 50.8 Å². The molecule has 0 saturated heterocycles. The first-order chi connectivity index (χ1) is 16.0. The first-order valence-corrected chi connectivity index (χ1v) is 11.5. The fourth-order valence-electron chi connectivity index (χ4n) is 4.12. The molecule has 0 saturated carbocycles. The third kappa shape index (κ3) is 4.49. The number of carbonyl (C=O) groups excluding carboxylic acids is 1. The number of nitrogens with two attached hydrogens (primary N) is 1. The van der Waals surface area contributed by atoms with Crippen molar-refractivity contribution in [1.82, 2.24) is 19.9 Å². The van der Waals surface area contributed by atoms with E-state index in [1.165, 1.54) is 19.3 Å². The van der Waals surface area contributed by atoms with Gasteiger partial charge in [0.05, 0.1) is 23.8 Å². The molecule has 0 unspecified atom stereocenters. The summed E-state index contributed by atoms with van der Waals surface area (Å²) < 4.78 is 7.38. The summed E-state index contributed by atoms with van der Waals surface area (Å²) in [6, 6.07) is 13.4. The van der Waals surface area contributed by atoms with Gasteiger partial charge in [-0.05, 0) is 43.2 Å². The van der Waals surface area contributed by atoms with Gasteiger partial charge in [0.2, 0.25) is 0 Å². The lowest BCUT2D eigenvalue weighted by molar-refractivity contribution is 0.0955. The van der Waals surface area contributed by atoms with Gasteiger partial charge in [-0.25, -0.2) is 9.97 Å². The maximum atomic E-state index is 13.3. The Morgan fingerprint density at radius 3 is 2.52 bits per heavy atom. The normalized spacial score (nSPS) is 11.2. The highest BCUT2D eigenvalue weighted by atomic mass is 16.5. The zero-order chi connectivity index (χ0) is 23.4. The fraction of sp³-hybridized carbons (Fsp3) is 0.346. The zero-order valence-corrected chi connectivity index (χ0v) is 19.5. The number of amides is 1. The third-order valence-electron chi connectivity index (χ3n) is 5.87. The monoisotopic (exact) mass is 445 g/mol. The van der Waals surface area contributed by atoms with Crippen LogP contribution in [0.15, 0.2) is 42.5 Å². The van der Waals surface area contributed by atoms with Crippen molar-refractivity contribution in [3.8, 4) is 11.4 Å². The van der Waals surface area contributed by atoms with Crippen LogP contribution < -0.4 is 15.8 Å². The SMILES string of the molecule is CCCCCCCNC(=O)c1c(N)n(-c2cc(C)ccc2OC)c2nc3ccccc3nc12. The van der Waals surface area contributed by atoms with Gasteiger partial charge in [0.15, 0.2) is 5.65 Å². The Labute approximate surface area is 194 Å². The van der Waals surface area contributed by atoms with E-state index in [4.69, 9.17) is 20.4 Å². The summed E-state index contributed by atoms with van der Waals surface area (Å²) in [6.07, 6.45) is 5.62. The predicted molar refractivity (Wildman–Crippen MR) is 133 cm³/mol. The third-order valence-corrected chi connectivity index (χ3v) is 5.87. The van der Waals surface area contributed by atoms with Gasteiger partial charge in [0, 0.05) is 6.54 Å². The topological polar surface area (TPSA) is 95.1 Å². The minimum absolute atomic E-state index is 0.233. The van der Waals surface area contributed by atoms with Gasteiger partial charge >= 0.3 is 0 Å². The van der Waals surface area contributed by atoms with Crippen LogP contribution in [-0.2, 0) is 0 Å². The van der Waals surface area contributed by atoms with E-state index in [2.05, 4.69) is 12.2 Å². The van der Waals surface area contributed by atoms with E-state index in [0.717, 1.165) is 29.6 Å². The lowest BCUT2D eigenvalue weighted by Gasteiger charge is -2.13. The second-order valence-corrected chi connectivity index (χ2v) is 8.33. The van der Waals surface area contributed by atoms with Crippen molar-refractivity contribution in [3.63, 3.8) is 0 Å². The number of anilines is 1. The van der Waals surface area contributed by atoms with Crippen LogP contribution in [0.5, 0.6) is 5.75 Å². The summed E-state index contributed by atoms with van der Waals surface area (Å²) in [7, 11) is 1.61. The van der Waals surface area contributed by atoms with Crippen LogP contribution in [0, 0.1) is 6.92 Å². The van der Waals surface area contributed by atoms with Crippen LogP contribution in [-0.4, -0.2) is 34.1 Å². The first-order valence-electron chi connectivity index (χ1n) is 11.5. The highest BCUT2D eigenvalue weighted by Gasteiger charge is 2.26. The van der Waals surface area contributed by atoms with Gasteiger partial charge in [-0.15, -0.1) is 0 Å². The number of unbranched alkanes of at least 4 members (excludes halogenated alkanes) is 4. The molecule has 7 heteroatoms. The Kier molecular flexibility index (Phi) is 6.77. The van der Waals surface area contributed by atoms with Crippen molar-refractivity contribution in [3.05, 3.63) is 53.6 Å². The van der Waals surface area contributed by atoms with Crippen molar-refractivity contribution in [1.29, 1.82) is 0 Å². The second kappa shape index (κ2) is 9.90. The molecule has 4 rings (SSSR count). The van der Waals surface area contributed by atoms with Crippen molar-refractivity contribution in [2.24, 2.45) is 0 Å². The maximum absolute atomic E-state index is 13.3. The van der Waals surface area contributed by atoms with E-state index in [-0.39, 0.29) is 5.91 Å². The molecule has 3 N–H and O–H groups in total. The Bertz CT molecular complexity index is 1300. The number of benzene rings is 2. The van der Waals surface area contributed by atoms with Crippen molar-refractivity contribution >= 4 is 33.9 Å². The lowest BCUT2D eigenvalue weighted by Crippen LogP contribution is -2.25. The zero-order valence-electron chi connectivity index (χ0n) is 19.5. The van der Waals surface area contributed by atoms with E-state index in [9.17, 15) is 4.79 Å². The van der Waals surface area contributed by atoms with Crippen LogP contribution >= 0.6 is 0 Å². The van der Waals surface area contributed by atoms with Crippen molar-refractivity contribution < 1.29 is 9.53 Å². The Balaban J connectivity index is 1.82. The molecule has 0 radical (unpaired) electrons. The molecule has 2 aromatic heterocycles. The number of rotatable bonds is 9. The fourth-order valence-corrected chi connectivity index (χ4v) is 4.12. The van der Waals surface area contributed by atoms with Crippen molar-refractivity contribution in [2.75, 3.05) is 19.4 Å². The first kappa shape index (κ1) is 22.6. The molecule has 0 bridgehead atoms. The Hall–Kier alpha value is -3.61. The van der Waals surface area contributed by atoms with Gasteiger partial charge in [-0.2, -0.15) is 0 Å². The molecule has 0 aliphatic heterocycles. The summed E-state index contributed by atoms with van der Waals surface area (Å²) in [5, 5.41) is 3.03. The number of hydrogen-bond acceptors (Lipinski definition) is 5. The molecule has 0 aliphatic carbocycles. The number of ether oxygens (including phenoxy) is 1. The number of fused-ring (bicyclic) bond motifs is 2. The molecule has 0 fully saturated rings.